The van der Waals surface area contributed by atoms with Gasteiger partial charge >= 0.3 is 5.97 Å². The third-order valence-corrected chi connectivity index (χ3v) is 5.18. The van der Waals surface area contributed by atoms with Crippen LogP contribution in [-0.4, -0.2) is 27.3 Å². The number of nitrogens with one attached hydrogen (secondary N) is 1. The molecule has 1 fully saturated rings. The van der Waals surface area contributed by atoms with Crippen molar-refractivity contribution in [3.8, 4) is 0 Å². The van der Waals surface area contributed by atoms with Crippen LogP contribution in [0.15, 0.2) is 24.3 Å². The Bertz CT molecular complexity index is 723. The molecule has 0 spiro atoms. The molecule has 5 heteroatoms. The first-order valence-corrected chi connectivity index (χ1v) is 7.02. The van der Waals surface area contributed by atoms with Crippen LogP contribution < -0.4 is 5.32 Å². The molecule has 0 aliphatic heterocycles. The summed E-state index contributed by atoms with van der Waals surface area (Å²) in [5, 5.41) is 21.4. The van der Waals surface area contributed by atoms with Crippen molar-refractivity contribution in [3.05, 3.63) is 30.0 Å². The van der Waals surface area contributed by atoms with E-state index < -0.39 is 5.97 Å². The van der Waals surface area contributed by atoms with Gasteiger partial charge in [0.2, 0.25) is 0 Å². The van der Waals surface area contributed by atoms with Crippen molar-refractivity contribution >= 4 is 22.6 Å². The lowest BCUT2D eigenvalue weighted by Gasteiger charge is -2.13. The minimum atomic E-state index is -1.06. The predicted molar refractivity (Wildman–Crippen MR) is 81.5 cm³/mol. The van der Waals surface area contributed by atoms with Crippen molar-refractivity contribution < 1.29 is 9.90 Å². The normalized spacial score (nSPS) is 19.4. The summed E-state index contributed by atoms with van der Waals surface area (Å²) in [6.07, 6.45) is 0. The van der Waals surface area contributed by atoms with Gasteiger partial charge in [-0.15, -0.1) is 10.2 Å². The Labute approximate surface area is 123 Å². The van der Waals surface area contributed by atoms with Crippen LogP contribution in [0.2, 0.25) is 0 Å². The van der Waals surface area contributed by atoms with Crippen molar-refractivity contribution in [3.63, 3.8) is 0 Å². The van der Waals surface area contributed by atoms with Crippen molar-refractivity contribution in [1.82, 2.24) is 10.2 Å². The molecule has 2 N–H and O–H groups in total. The van der Waals surface area contributed by atoms with Crippen LogP contribution in [0.4, 0.5) is 5.69 Å². The lowest BCUT2D eigenvalue weighted by atomic mass is 10.0. The van der Waals surface area contributed by atoms with Crippen LogP contribution in [0.5, 0.6) is 0 Å². The zero-order chi connectivity index (χ0) is 15.4. The van der Waals surface area contributed by atoms with Crippen LogP contribution in [0.25, 0.3) is 10.9 Å². The number of fused-ring (bicyclic) bond motifs is 1. The molecule has 0 amide bonds. The second-order valence-corrected chi connectivity index (χ2v) is 6.77. The Kier molecular flexibility index (Phi) is 2.74. The Hall–Kier alpha value is -2.17. The Morgan fingerprint density at radius 1 is 1.14 bits per heavy atom. The molecule has 2 aromatic rings. The van der Waals surface area contributed by atoms with Crippen LogP contribution >= 0.6 is 0 Å². The zero-order valence-corrected chi connectivity index (χ0v) is 12.6. The number of rotatable bonds is 3. The lowest BCUT2D eigenvalue weighted by Crippen LogP contribution is -2.16. The average Bonchev–Trinajstić information content (AvgIpc) is 2.81. The molecule has 0 saturated heterocycles. The summed E-state index contributed by atoms with van der Waals surface area (Å²) >= 11 is 0. The van der Waals surface area contributed by atoms with E-state index in [9.17, 15) is 9.90 Å². The van der Waals surface area contributed by atoms with Gasteiger partial charge in [0.1, 0.15) is 0 Å². The van der Waals surface area contributed by atoms with Gasteiger partial charge in [0.15, 0.2) is 5.69 Å². The van der Waals surface area contributed by atoms with E-state index in [1.165, 1.54) is 0 Å². The van der Waals surface area contributed by atoms with E-state index in [2.05, 4.69) is 43.2 Å². The molecular weight excluding hydrogens is 266 g/mol. The summed E-state index contributed by atoms with van der Waals surface area (Å²) in [6.45, 7) is 8.73. The van der Waals surface area contributed by atoms with Crippen LogP contribution in [0, 0.1) is 10.8 Å². The number of anilines is 1. The molecular formula is C16H19N3O2. The van der Waals surface area contributed by atoms with E-state index in [0.29, 0.717) is 11.2 Å². The van der Waals surface area contributed by atoms with E-state index >= 15 is 0 Å². The van der Waals surface area contributed by atoms with Crippen molar-refractivity contribution in [1.29, 1.82) is 0 Å². The highest BCUT2D eigenvalue weighted by molar-refractivity contribution is 6.02. The Balaban J connectivity index is 2.12. The molecule has 21 heavy (non-hydrogen) atoms. The van der Waals surface area contributed by atoms with Gasteiger partial charge in [0, 0.05) is 11.4 Å². The van der Waals surface area contributed by atoms with Gasteiger partial charge in [0.25, 0.3) is 0 Å². The molecule has 1 saturated carbocycles. The molecule has 0 atom stereocenters. The number of nitrogens with zero attached hydrogens (tertiary/aromatic N) is 2. The van der Waals surface area contributed by atoms with E-state index in [0.717, 1.165) is 5.39 Å². The number of carboxylic acids is 1. The SMILES string of the molecule is CC1(C)C(Nc2c(C(=O)O)nnc3ccccc23)C1(C)C. The van der Waals surface area contributed by atoms with Gasteiger partial charge < -0.3 is 10.4 Å². The molecule has 1 aliphatic carbocycles. The van der Waals surface area contributed by atoms with Crippen LogP contribution in [0.1, 0.15) is 38.2 Å². The first-order chi connectivity index (χ1) is 9.76. The summed E-state index contributed by atoms with van der Waals surface area (Å²) in [6, 6.07) is 7.66. The second-order valence-electron chi connectivity index (χ2n) is 6.77. The highest BCUT2D eigenvalue weighted by Crippen LogP contribution is 2.64. The number of carboxylic acid groups (broad SMARTS) is 1. The molecule has 0 radical (unpaired) electrons. The van der Waals surface area contributed by atoms with E-state index in [4.69, 9.17) is 0 Å². The Morgan fingerprint density at radius 3 is 2.33 bits per heavy atom. The largest absolute Gasteiger partial charge is 0.476 e. The molecule has 3 rings (SSSR count). The minimum absolute atomic E-state index is 0.0211. The molecule has 0 bridgehead atoms. The molecule has 1 heterocycles. The topological polar surface area (TPSA) is 75.1 Å². The smallest absolute Gasteiger partial charge is 0.358 e. The maximum absolute atomic E-state index is 11.4. The summed E-state index contributed by atoms with van der Waals surface area (Å²) in [7, 11) is 0. The fraction of sp³-hybridized carbons (Fsp3) is 0.438. The molecule has 1 aromatic carbocycles. The highest BCUT2D eigenvalue weighted by atomic mass is 16.4. The predicted octanol–water partition coefficient (Wildman–Crippen LogP) is 3.17. The van der Waals surface area contributed by atoms with Crippen LogP contribution in [-0.2, 0) is 0 Å². The summed E-state index contributed by atoms with van der Waals surface area (Å²) in [4.78, 5) is 11.4. The van der Waals surface area contributed by atoms with Gasteiger partial charge in [0.05, 0.1) is 11.2 Å². The summed E-state index contributed by atoms with van der Waals surface area (Å²) < 4.78 is 0. The average molecular weight is 285 g/mol. The molecule has 110 valence electrons. The summed E-state index contributed by atoms with van der Waals surface area (Å²) in [5.41, 5.74) is 1.45. The third kappa shape index (κ3) is 1.87. The molecule has 1 aliphatic rings. The number of carbonyl (C=O) groups is 1. The third-order valence-electron chi connectivity index (χ3n) is 5.18. The first-order valence-electron chi connectivity index (χ1n) is 7.02. The van der Waals surface area contributed by atoms with E-state index in [1.807, 2.05) is 24.3 Å². The fourth-order valence-corrected chi connectivity index (χ4v) is 3.05. The van der Waals surface area contributed by atoms with Crippen molar-refractivity contribution in [2.75, 3.05) is 5.32 Å². The van der Waals surface area contributed by atoms with Gasteiger partial charge in [-0.05, 0) is 16.9 Å². The highest BCUT2D eigenvalue weighted by Gasteiger charge is 2.65. The van der Waals surface area contributed by atoms with E-state index in [-0.39, 0.29) is 22.6 Å². The molecule has 5 nitrogen and oxygen atoms in total. The quantitative estimate of drug-likeness (QED) is 0.906. The van der Waals surface area contributed by atoms with Gasteiger partial charge in [-0.25, -0.2) is 4.79 Å². The lowest BCUT2D eigenvalue weighted by molar-refractivity contribution is 0.0690. The van der Waals surface area contributed by atoms with Crippen molar-refractivity contribution in [2.24, 2.45) is 10.8 Å². The van der Waals surface area contributed by atoms with Gasteiger partial charge in [-0.2, -0.15) is 0 Å². The number of aromatic carboxylic acids is 1. The van der Waals surface area contributed by atoms with Crippen molar-refractivity contribution in [2.45, 2.75) is 33.7 Å². The Morgan fingerprint density at radius 2 is 1.76 bits per heavy atom. The first kappa shape index (κ1) is 13.8. The number of hydrogen-bond donors (Lipinski definition) is 2. The maximum Gasteiger partial charge on any atom is 0.358 e. The van der Waals surface area contributed by atoms with Crippen LogP contribution in [0.3, 0.4) is 0 Å². The maximum atomic E-state index is 11.4. The zero-order valence-electron chi connectivity index (χ0n) is 12.6. The van der Waals surface area contributed by atoms with E-state index in [1.54, 1.807) is 0 Å². The standard InChI is InChI=1S/C16H19N3O2/c1-15(2)14(16(15,3)4)17-11-9-7-5-6-8-10(9)18-19-12(11)13(20)21/h5-8,14H,1-4H3,(H,17,18)(H,20,21). The number of aromatic nitrogens is 2. The number of benzene rings is 1. The van der Waals surface area contributed by atoms with Gasteiger partial charge in [-0.3, -0.25) is 0 Å². The minimum Gasteiger partial charge on any atom is -0.476 e. The summed E-state index contributed by atoms with van der Waals surface area (Å²) in [5.74, 6) is -1.06. The molecule has 0 unspecified atom stereocenters. The monoisotopic (exact) mass is 285 g/mol. The molecule has 1 aromatic heterocycles. The van der Waals surface area contributed by atoms with Gasteiger partial charge in [-0.1, -0.05) is 45.9 Å². The number of hydrogen-bond acceptors (Lipinski definition) is 4. The fourth-order valence-electron chi connectivity index (χ4n) is 3.05. The second kappa shape index (κ2) is 4.16.